The lowest BCUT2D eigenvalue weighted by atomic mass is 9.98. The maximum Gasteiger partial charge on any atom is 0.246 e. The van der Waals surface area contributed by atoms with E-state index in [9.17, 15) is 14.4 Å². The van der Waals surface area contributed by atoms with E-state index in [0.717, 1.165) is 11.1 Å². The third-order valence-corrected chi connectivity index (χ3v) is 13.9. The van der Waals surface area contributed by atoms with Crippen molar-refractivity contribution in [3.05, 3.63) is 155 Å². The molecule has 6 amide bonds. The molecule has 5 aromatic carbocycles. The van der Waals surface area contributed by atoms with Crippen molar-refractivity contribution < 1.29 is 43.0 Å². The third kappa shape index (κ3) is 13.0. The molecule has 3 aliphatic rings. The van der Waals surface area contributed by atoms with Gasteiger partial charge in [-0.3, -0.25) is 33.7 Å². The van der Waals surface area contributed by atoms with Crippen molar-refractivity contribution >= 4 is 35.4 Å². The maximum atomic E-state index is 15.2. The molecular formula is C57H67N7O9. The van der Waals surface area contributed by atoms with Gasteiger partial charge in [-0.05, 0) is 85.0 Å². The molecule has 73 heavy (non-hydrogen) atoms. The smallest absolute Gasteiger partial charge is 0.246 e. The number of hydrogen-bond acceptors (Lipinski definition) is 10. The summed E-state index contributed by atoms with van der Waals surface area (Å²) in [4.78, 5) is 97.2. The van der Waals surface area contributed by atoms with Crippen LogP contribution in [0.1, 0.15) is 48.6 Å². The number of nitrogens with zero attached hydrogens (tertiary/aromatic N) is 5. The minimum atomic E-state index is -1.21. The second-order valence-electron chi connectivity index (χ2n) is 18.9. The van der Waals surface area contributed by atoms with Crippen LogP contribution in [-0.2, 0) is 61.1 Å². The highest BCUT2D eigenvalue weighted by Crippen LogP contribution is 2.34. The number of fused-ring (bicyclic) bond motifs is 2. The molecule has 384 valence electrons. The van der Waals surface area contributed by atoms with Gasteiger partial charge in [-0.15, -0.1) is 0 Å². The van der Waals surface area contributed by atoms with Crippen LogP contribution >= 0.6 is 0 Å². The molecule has 5 aromatic rings. The largest absolute Gasteiger partial charge is 0.497 e. The lowest BCUT2D eigenvalue weighted by Crippen LogP contribution is -2.62. The van der Waals surface area contributed by atoms with E-state index in [1.807, 2.05) is 60.7 Å². The Morgan fingerprint density at radius 1 is 0.575 bits per heavy atom. The Morgan fingerprint density at radius 3 is 1.74 bits per heavy atom. The number of nitrogens with one attached hydrogen (secondary N) is 2. The predicted molar refractivity (Wildman–Crippen MR) is 277 cm³/mol. The summed E-state index contributed by atoms with van der Waals surface area (Å²) in [7, 11) is 7.59. The zero-order valence-corrected chi connectivity index (χ0v) is 42.9. The number of methoxy groups -OCH3 is 2. The second-order valence-corrected chi connectivity index (χ2v) is 18.9. The van der Waals surface area contributed by atoms with Crippen LogP contribution in [0.5, 0.6) is 23.0 Å². The number of hydrogen-bond donors (Lipinski definition) is 2. The first-order valence-corrected chi connectivity index (χ1v) is 24.6. The fourth-order valence-electron chi connectivity index (χ4n) is 9.44. The monoisotopic (exact) mass is 994 g/mol. The molecule has 0 unspecified atom stereocenters. The zero-order valence-electron chi connectivity index (χ0n) is 42.9. The molecule has 0 aliphatic carbocycles. The predicted octanol–water partition coefficient (Wildman–Crippen LogP) is 5.26. The van der Waals surface area contributed by atoms with E-state index >= 15 is 14.4 Å². The Bertz CT molecular complexity index is 2680. The number of ether oxygens (including phenoxy) is 3. The van der Waals surface area contributed by atoms with E-state index in [1.54, 1.807) is 87.7 Å². The zero-order chi connectivity index (χ0) is 52.3. The highest BCUT2D eigenvalue weighted by atomic mass is 16.5. The molecule has 3 heterocycles. The second kappa shape index (κ2) is 24.1. The van der Waals surface area contributed by atoms with Gasteiger partial charge in [0.05, 0.1) is 14.2 Å². The standard InChI is InChI=1S/C57H67N7O9/c1-37-54(67)62(6)49-32-41-21-26-46(27-22-41)73-51-34-44(23-28-50(51)72-8)33-48(61(5)57(49)70)53(66)59-38(2)55(68)64(30-29-63(35-42-15-11-9-12-16-42)36-43-17-13-10-14-18-43)39(3)56(69)60(4)47(52(65)58-37)31-40-19-24-45(71-7)25-20-40/h9-28,34,37-39,47-49H,29-33,35-36H2,1-8H3,(H,58,65)(H,59,66)/t37-,38+,39-,47-,48+,49+/m1/s1. The average molecular weight is 994 g/mol. The van der Waals surface area contributed by atoms with Crippen LogP contribution in [0.3, 0.4) is 0 Å². The van der Waals surface area contributed by atoms with Crippen LogP contribution in [0.15, 0.2) is 127 Å². The summed E-state index contributed by atoms with van der Waals surface area (Å²) in [5.41, 5.74) is 4.12. The minimum absolute atomic E-state index is 0.0172. The third-order valence-electron chi connectivity index (χ3n) is 13.9. The van der Waals surface area contributed by atoms with Crippen LogP contribution in [0, 0.1) is 0 Å². The van der Waals surface area contributed by atoms with Gasteiger partial charge in [0.2, 0.25) is 35.4 Å². The number of carbonyl (C=O) groups is 6. The van der Waals surface area contributed by atoms with E-state index in [0.29, 0.717) is 59.3 Å². The molecule has 2 N–H and O–H groups in total. The summed E-state index contributed by atoms with van der Waals surface area (Å²) in [6, 6.07) is 32.3. The Labute approximate surface area is 428 Å². The van der Waals surface area contributed by atoms with Gasteiger partial charge in [-0.1, -0.05) is 91.0 Å². The van der Waals surface area contributed by atoms with Gasteiger partial charge in [-0.2, -0.15) is 0 Å². The molecule has 1 fully saturated rings. The van der Waals surface area contributed by atoms with Crippen LogP contribution < -0.4 is 24.8 Å². The number of benzene rings is 5. The Morgan fingerprint density at radius 2 is 1.14 bits per heavy atom. The van der Waals surface area contributed by atoms with E-state index in [4.69, 9.17) is 14.2 Å². The quantitative estimate of drug-likeness (QED) is 0.178. The molecule has 0 spiro atoms. The first-order chi connectivity index (χ1) is 35.0. The van der Waals surface area contributed by atoms with E-state index in [1.165, 1.54) is 54.8 Å². The first-order valence-electron chi connectivity index (χ1n) is 24.6. The fourth-order valence-corrected chi connectivity index (χ4v) is 9.44. The Kier molecular flexibility index (Phi) is 17.5. The maximum absolute atomic E-state index is 15.2. The van der Waals surface area contributed by atoms with Crippen molar-refractivity contribution in [3.63, 3.8) is 0 Å². The summed E-state index contributed by atoms with van der Waals surface area (Å²) in [5.74, 6) is -1.52. The molecule has 8 rings (SSSR count). The minimum Gasteiger partial charge on any atom is -0.497 e. The van der Waals surface area contributed by atoms with Gasteiger partial charge in [0.25, 0.3) is 0 Å². The van der Waals surface area contributed by atoms with Crippen molar-refractivity contribution in [2.75, 3.05) is 48.5 Å². The lowest BCUT2D eigenvalue weighted by Gasteiger charge is -2.38. The highest BCUT2D eigenvalue weighted by Gasteiger charge is 2.41. The van der Waals surface area contributed by atoms with Gasteiger partial charge >= 0.3 is 0 Å². The van der Waals surface area contributed by atoms with Gasteiger partial charge in [0.15, 0.2) is 11.5 Å². The first kappa shape index (κ1) is 53.1. The van der Waals surface area contributed by atoms with Crippen molar-refractivity contribution in [2.24, 2.45) is 0 Å². The number of amides is 6. The molecule has 0 radical (unpaired) electrons. The lowest BCUT2D eigenvalue weighted by molar-refractivity contribution is -0.152. The van der Waals surface area contributed by atoms with Crippen molar-refractivity contribution in [2.45, 2.75) is 89.4 Å². The average Bonchev–Trinajstić information content (AvgIpc) is 3.40. The van der Waals surface area contributed by atoms with Crippen molar-refractivity contribution in [1.29, 1.82) is 0 Å². The van der Waals surface area contributed by atoms with Crippen molar-refractivity contribution in [1.82, 2.24) is 35.1 Å². The number of carbonyl (C=O) groups excluding carboxylic acids is 6. The fraction of sp³-hybridized carbons (Fsp3) is 0.368. The van der Waals surface area contributed by atoms with Gasteiger partial charge in [-0.25, -0.2) is 0 Å². The van der Waals surface area contributed by atoms with Crippen LogP contribution in [0.25, 0.3) is 0 Å². The molecule has 6 atom stereocenters. The molecule has 3 aliphatic heterocycles. The molecule has 6 bridgehead atoms. The summed E-state index contributed by atoms with van der Waals surface area (Å²) in [5, 5.41) is 5.79. The number of rotatable bonds is 11. The van der Waals surface area contributed by atoms with Crippen LogP contribution in [0.4, 0.5) is 0 Å². The van der Waals surface area contributed by atoms with Crippen LogP contribution in [0.2, 0.25) is 0 Å². The Balaban J connectivity index is 1.31. The molecule has 0 aromatic heterocycles. The van der Waals surface area contributed by atoms with E-state index < -0.39 is 71.7 Å². The Hall–Kier alpha value is -7.72. The van der Waals surface area contributed by atoms with Gasteiger partial charge in [0.1, 0.15) is 47.8 Å². The van der Waals surface area contributed by atoms with E-state index in [-0.39, 0.29) is 25.8 Å². The van der Waals surface area contributed by atoms with Crippen LogP contribution in [-0.4, -0.2) is 145 Å². The molecule has 0 saturated carbocycles. The highest BCUT2D eigenvalue weighted by molar-refractivity contribution is 5.98. The SMILES string of the molecule is COc1ccc(C[C@@H]2C(=O)N[C@H](C)C(=O)N(C)[C@H]3Cc4ccc(cc4)Oc4cc(ccc4OC)C[C@@H](C(=O)N[C@@H](C)C(=O)N(CCN(Cc4ccccc4)Cc4ccccc4)[C@H](C)C(=O)N2C)N(C)C3=O)cc1. The topological polar surface area (TPSA) is 170 Å². The molecular weight excluding hydrogens is 927 g/mol. The normalized spacial score (nSPS) is 21.5. The summed E-state index contributed by atoms with van der Waals surface area (Å²) in [6.07, 6.45) is 0.0726. The summed E-state index contributed by atoms with van der Waals surface area (Å²) >= 11 is 0. The molecule has 16 heteroatoms. The summed E-state index contributed by atoms with van der Waals surface area (Å²) < 4.78 is 17.3. The van der Waals surface area contributed by atoms with Gasteiger partial charge < -0.3 is 44.4 Å². The number of likely N-dealkylation sites (N-methyl/N-ethyl adjacent to an activating group) is 3. The van der Waals surface area contributed by atoms with E-state index in [2.05, 4.69) is 15.5 Å². The summed E-state index contributed by atoms with van der Waals surface area (Å²) in [6.45, 7) is 6.17. The molecule has 1 saturated heterocycles. The molecule has 16 nitrogen and oxygen atoms in total. The van der Waals surface area contributed by atoms with Crippen molar-refractivity contribution in [3.8, 4) is 23.0 Å². The van der Waals surface area contributed by atoms with Gasteiger partial charge in [0, 0.05) is 66.6 Å².